The minimum atomic E-state index is -0.335. The number of nitrogens with zero attached hydrogens (tertiary/aromatic N) is 4. The minimum absolute atomic E-state index is 0.0420. The number of carbonyl (C=O) groups excluding carboxylic acids is 2. The molecule has 0 aliphatic carbocycles. The molecule has 7 nitrogen and oxygen atoms in total. The first kappa shape index (κ1) is 23.1. The number of imide groups is 1. The molecule has 4 rings (SSSR count). The lowest BCUT2D eigenvalue weighted by Gasteiger charge is -2.46. The van der Waals surface area contributed by atoms with Gasteiger partial charge >= 0.3 is 6.03 Å². The van der Waals surface area contributed by atoms with Gasteiger partial charge in [-0.2, -0.15) is 0 Å². The Morgan fingerprint density at radius 3 is 2.41 bits per heavy atom. The molecule has 32 heavy (non-hydrogen) atoms. The van der Waals surface area contributed by atoms with Crippen LogP contribution in [0.5, 0.6) is 0 Å². The first-order valence-electron chi connectivity index (χ1n) is 12.4. The number of likely N-dealkylation sites (N-methyl/N-ethyl adjacent to an activating group) is 1. The lowest BCUT2D eigenvalue weighted by Crippen LogP contribution is -2.66. The van der Waals surface area contributed by atoms with E-state index in [1.54, 1.807) is 4.90 Å². The van der Waals surface area contributed by atoms with E-state index in [1.807, 2.05) is 7.05 Å². The molecule has 4 unspecified atom stereocenters. The summed E-state index contributed by atoms with van der Waals surface area (Å²) < 4.78 is 0. The number of hydrogen-bond donors (Lipinski definition) is 1. The summed E-state index contributed by atoms with van der Waals surface area (Å²) in [5.41, 5.74) is 2.38. The van der Waals surface area contributed by atoms with Crippen molar-refractivity contribution >= 4 is 17.6 Å². The number of benzene rings is 1. The molecule has 3 aliphatic rings. The molecule has 3 amide bonds. The lowest BCUT2D eigenvalue weighted by molar-refractivity contribution is -0.138. The zero-order chi connectivity index (χ0) is 22.8. The number of aryl methyl sites for hydroxylation is 1. The van der Waals surface area contributed by atoms with E-state index < -0.39 is 0 Å². The number of unbranched alkanes of at least 4 members (excludes halogenated alkanes) is 5. The second-order valence-corrected chi connectivity index (χ2v) is 9.87. The quantitative estimate of drug-likeness (QED) is 0.625. The molecule has 3 saturated heterocycles. The van der Waals surface area contributed by atoms with Gasteiger partial charge in [0.1, 0.15) is 18.5 Å². The van der Waals surface area contributed by atoms with Crippen LogP contribution in [0, 0.1) is 12.8 Å². The highest BCUT2D eigenvalue weighted by Gasteiger charge is 2.56. The third-order valence-electron chi connectivity index (χ3n) is 7.19. The third kappa shape index (κ3) is 4.37. The molecule has 3 heterocycles. The summed E-state index contributed by atoms with van der Waals surface area (Å²) >= 11 is 0. The maximum atomic E-state index is 13.6. The Bertz CT molecular complexity index is 813. The van der Waals surface area contributed by atoms with Crippen LogP contribution in [0.2, 0.25) is 0 Å². The van der Waals surface area contributed by atoms with E-state index >= 15 is 0 Å². The predicted octanol–water partition coefficient (Wildman–Crippen LogP) is 3.59. The molecule has 0 radical (unpaired) electrons. The van der Waals surface area contributed by atoms with Gasteiger partial charge in [0.05, 0.1) is 0 Å². The third-order valence-corrected chi connectivity index (χ3v) is 7.19. The minimum Gasteiger partial charge on any atom is -0.343 e. The van der Waals surface area contributed by atoms with Crippen molar-refractivity contribution in [1.82, 2.24) is 20.0 Å². The summed E-state index contributed by atoms with van der Waals surface area (Å²) in [6, 6.07) is 8.05. The van der Waals surface area contributed by atoms with Crippen LogP contribution >= 0.6 is 0 Å². The Hall–Kier alpha value is -2.12. The van der Waals surface area contributed by atoms with Crippen molar-refractivity contribution in [2.45, 2.75) is 77.8 Å². The molecule has 1 aromatic rings. The average molecular weight is 442 g/mol. The highest BCUT2D eigenvalue weighted by atomic mass is 16.2. The first-order valence-corrected chi connectivity index (χ1v) is 12.4. The molecule has 0 bridgehead atoms. The summed E-state index contributed by atoms with van der Waals surface area (Å²) in [5.74, 6) is 0.385. The summed E-state index contributed by atoms with van der Waals surface area (Å²) in [6.45, 7) is 8.83. The number of rotatable bonds is 8. The molecule has 3 fully saturated rings. The normalized spacial score (nSPS) is 28.3. The summed E-state index contributed by atoms with van der Waals surface area (Å²) in [7, 11) is 1.83. The number of hydrogen-bond acceptors (Lipinski definition) is 5. The van der Waals surface area contributed by atoms with E-state index in [0.717, 1.165) is 31.6 Å². The van der Waals surface area contributed by atoms with Gasteiger partial charge in [0.15, 0.2) is 0 Å². The number of nitrogens with one attached hydrogen (secondary N) is 1. The van der Waals surface area contributed by atoms with E-state index in [1.165, 1.54) is 36.1 Å². The number of urea groups is 1. The van der Waals surface area contributed by atoms with Crippen LogP contribution in [-0.4, -0.2) is 71.8 Å². The highest BCUT2D eigenvalue weighted by Crippen LogP contribution is 2.34. The first-order chi connectivity index (χ1) is 15.4. The monoisotopic (exact) mass is 441 g/mol. The van der Waals surface area contributed by atoms with E-state index in [0.29, 0.717) is 12.5 Å². The number of amides is 3. The largest absolute Gasteiger partial charge is 0.343 e. The zero-order valence-electron chi connectivity index (χ0n) is 20.1. The molecular formula is C25H39N5O2. The molecule has 1 N–H and O–H groups in total. The van der Waals surface area contributed by atoms with Crippen LogP contribution in [0.15, 0.2) is 24.3 Å². The fourth-order valence-electron chi connectivity index (χ4n) is 5.41. The van der Waals surface area contributed by atoms with Crippen molar-refractivity contribution in [3.05, 3.63) is 29.8 Å². The van der Waals surface area contributed by atoms with E-state index in [2.05, 4.69) is 60.2 Å². The molecule has 0 saturated carbocycles. The van der Waals surface area contributed by atoms with Crippen LogP contribution < -0.4 is 10.2 Å². The van der Waals surface area contributed by atoms with Crippen molar-refractivity contribution in [1.29, 1.82) is 0 Å². The summed E-state index contributed by atoms with van der Waals surface area (Å²) in [5, 5.41) is 3.61. The zero-order valence-corrected chi connectivity index (χ0v) is 20.1. The van der Waals surface area contributed by atoms with Gasteiger partial charge in [0.25, 0.3) is 5.91 Å². The van der Waals surface area contributed by atoms with Crippen LogP contribution in [0.25, 0.3) is 0 Å². The molecule has 1 aromatic carbocycles. The average Bonchev–Trinajstić information content (AvgIpc) is 3.16. The number of anilines is 1. The van der Waals surface area contributed by atoms with Gasteiger partial charge < -0.3 is 9.80 Å². The second kappa shape index (κ2) is 9.79. The van der Waals surface area contributed by atoms with Gasteiger partial charge in [0, 0.05) is 32.4 Å². The molecule has 3 aliphatic heterocycles. The Kier molecular flexibility index (Phi) is 7.05. The van der Waals surface area contributed by atoms with Crippen LogP contribution in [0.3, 0.4) is 0 Å². The molecule has 0 aromatic heterocycles. The maximum Gasteiger partial charge on any atom is 0.327 e. The SMILES string of the molecule is CCCCCCCCN1C(=O)C2C(NC3N(c4ccc(C)cc4)CC(C)CN23)N(C)C1=O. The molecule has 7 heteroatoms. The fraction of sp³-hybridized carbons (Fsp3) is 0.680. The van der Waals surface area contributed by atoms with Crippen molar-refractivity contribution in [2.24, 2.45) is 5.92 Å². The molecule has 176 valence electrons. The standard InChI is InChI=1S/C25H39N5O2/c1-5-6-7-8-9-10-15-28-23(31)21-22(27(4)25(28)32)26-24-29(16-19(3)17-30(21)24)20-13-11-18(2)12-14-20/h11-14,19,21-22,24,26H,5-10,15-17H2,1-4H3. The van der Waals surface area contributed by atoms with Gasteiger partial charge in [-0.3, -0.25) is 19.9 Å². The van der Waals surface area contributed by atoms with Crippen LogP contribution in [-0.2, 0) is 4.79 Å². The Balaban J connectivity index is 1.49. The van der Waals surface area contributed by atoms with Gasteiger partial charge in [-0.1, -0.05) is 63.6 Å². The van der Waals surface area contributed by atoms with Crippen LogP contribution in [0.1, 0.15) is 57.9 Å². The number of carbonyl (C=O) groups is 2. The smallest absolute Gasteiger partial charge is 0.327 e. The second-order valence-electron chi connectivity index (χ2n) is 9.87. The molecule has 0 spiro atoms. The fourth-order valence-corrected chi connectivity index (χ4v) is 5.41. The molecule has 4 atom stereocenters. The summed E-state index contributed by atoms with van der Waals surface area (Å²) in [6.07, 6.45) is 6.45. The van der Waals surface area contributed by atoms with Gasteiger partial charge in [-0.15, -0.1) is 0 Å². The van der Waals surface area contributed by atoms with Crippen molar-refractivity contribution < 1.29 is 9.59 Å². The predicted molar refractivity (Wildman–Crippen MR) is 127 cm³/mol. The van der Waals surface area contributed by atoms with Gasteiger partial charge in [-0.25, -0.2) is 4.79 Å². The molecular weight excluding hydrogens is 402 g/mol. The van der Waals surface area contributed by atoms with Gasteiger partial charge in [0.2, 0.25) is 0 Å². The van der Waals surface area contributed by atoms with Gasteiger partial charge in [-0.05, 0) is 31.4 Å². The van der Waals surface area contributed by atoms with E-state index in [-0.39, 0.29) is 30.4 Å². The summed E-state index contributed by atoms with van der Waals surface area (Å²) in [4.78, 5) is 34.5. The highest BCUT2D eigenvalue weighted by molar-refractivity contribution is 6.00. The maximum absolute atomic E-state index is 13.6. The number of fused-ring (bicyclic) bond motifs is 3. The van der Waals surface area contributed by atoms with E-state index in [4.69, 9.17) is 0 Å². The lowest BCUT2D eigenvalue weighted by atomic mass is 10.0. The Labute approximate surface area is 192 Å². The van der Waals surface area contributed by atoms with Crippen molar-refractivity contribution in [2.75, 3.05) is 31.6 Å². The Morgan fingerprint density at radius 2 is 1.69 bits per heavy atom. The Morgan fingerprint density at radius 1 is 1.00 bits per heavy atom. The van der Waals surface area contributed by atoms with Crippen molar-refractivity contribution in [3.8, 4) is 0 Å². The van der Waals surface area contributed by atoms with Crippen LogP contribution in [0.4, 0.5) is 10.5 Å². The van der Waals surface area contributed by atoms with Crippen molar-refractivity contribution in [3.63, 3.8) is 0 Å². The topological polar surface area (TPSA) is 59.1 Å². The van der Waals surface area contributed by atoms with E-state index in [9.17, 15) is 9.59 Å².